The van der Waals surface area contributed by atoms with E-state index in [1.54, 1.807) is 43.3 Å². The zero-order valence-corrected chi connectivity index (χ0v) is 17.0. The normalized spacial score (nSPS) is 14.0. The molecule has 0 aliphatic heterocycles. The number of aryl methyl sites for hydroxylation is 1. The third-order valence-corrected chi connectivity index (χ3v) is 6.89. The lowest BCUT2D eigenvalue weighted by Crippen LogP contribution is -2.40. The second kappa shape index (κ2) is 7.60. The van der Waals surface area contributed by atoms with Crippen LogP contribution in [0.2, 0.25) is 0 Å². The minimum absolute atomic E-state index is 0.0782. The third-order valence-electron chi connectivity index (χ3n) is 4.46. The Bertz CT molecular complexity index is 1140. The van der Waals surface area contributed by atoms with Crippen molar-refractivity contribution in [3.8, 4) is 11.3 Å². The molecular formula is C20H18N2O5S2. The number of aliphatic hydroxyl groups is 1. The van der Waals surface area contributed by atoms with E-state index < -0.39 is 15.6 Å². The molecule has 4 rings (SSSR count). The molecule has 9 heteroatoms. The lowest BCUT2D eigenvalue weighted by atomic mass is 9.99. The Morgan fingerprint density at radius 2 is 1.93 bits per heavy atom. The highest BCUT2D eigenvalue weighted by Gasteiger charge is 2.37. The molecule has 29 heavy (non-hydrogen) atoms. The Balaban J connectivity index is 1.56. The van der Waals surface area contributed by atoms with Crippen molar-refractivity contribution in [1.82, 2.24) is 9.71 Å². The van der Waals surface area contributed by atoms with Gasteiger partial charge in [-0.25, -0.2) is 18.1 Å². The standard InChI is InChI=1S/C20H18N2O5S2/c1-14-22-17(12-27-14)15-6-8-16(9-7-15)29(24,25)21-13-20(23,18-4-2-10-26-18)19-5-3-11-28-19/h2-12,21,23H,13H2,1H3. The van der Waals surface area contributed by atoms with Crippen LogP contribution < -0.4 is 4.72 Å². The SMILES string of the molecule is Cc1nc(-c2ccc(S(=O)(=O)NCC(O)(c3ccco3)c3cccs3)cc2)co1. The maximum Gasteiger partial charge on any atom is 0.240 e. The number of furan rings is 1. The van der Waals surface area contributed by atoms with Crippen LogP contribution >= 0.6 is 11.3 Å². The summed E-state index contributed by atoms with van der Waals surface area (Å²) in [4.78, 5) is 4.88. The fourth-order valence-electron chi connectivity index (χ4n) is 2.91. The number of nitrogens with one attached hydrogen (secondary N) is 1. The summed E-state index contributed by atoms with van der Waals surface area (Å²) < 4.78 is 38.6. The van der Waals surface area contributed by atoms with E-state index in [0.717, 1.165) is 5.56 Å². The smallest absolute Gasteiger partial charge is 0.240 e. The molecule has 2 N–H and O–H groups in total. The van der Waals surface area contributed by atoms with Crippen LogP contribution in [0.15, 0.2) is 80.2 Å². The first kappa shape index (κ1) is 19.6. The van der Waals surface area contributed by atoms with Gasteiger partial charge >= 0.3 is 0 Å². The molecule has 4 aromatic rings. The summed E-state index contributed by atoms with van der Waals surface area (Å²) in [5, 5.41) is 13.0. The zero-order chi connectivity index (χ0) is 20.5. The summed E-state index contributed by atoms with van der Waals surface area (Å²) >= 11 is 1.32. The van der Waals surface area contributed by atoms with E-state index in [1.165, 1.54) is 36.0 Å². The molecule has 3 aromatic heterocycles. The largest absolute Gasteiger partial charge is 0.466 e. The lowest BCUT2D eigenvalue weighted by molar-refractivity contribution is 0.0655. The number of oxazole rings is 1. The molecule has 0 fully saturated rings. The molecule has 0 bridgehead atoms. The molecule has 1 aromatic carbocycles. The maximum atomic E-state index is 12.8. The van der Waals surface area contributed by atoms with Crippen molar-refractivity contribution < 1.29 is 22.4 Å². The average Bonchev–Trinajstić information content (AvgIpc) is 3.49. The number of benzene rings is 1. The summed E-state index contributed by atoms with van der Waals surface area (Å²) in [6.45, 7) is 1.47. The minimum atomic E-state index is -3.86. The van der Waals surface area contributed by atoms with Crippen LogP contribution in [-0.2, 0) is 15.6 Å². The first-order valence-electron chi connectivity index (χ1n) is 8.71. The predicted molar refractivity (Wildman–Crippen MR) is 108 cm³/mol. The van der Waals surface area contributed by atoms with E-state index in [2.05, 4.69) is 9.71 Å². The molecule has 3 heterocycles. The minimum Gasteiger partial charge on any atom is -0.466 e. The van der Waals surface area contributed by atoms with E-state index in [9.17, 15) is 13.5 Å². The van der Waals surface area contributed by atoms with Crippen LogP contribution in [0.3, 0.4) is 0 Å². The molecule has 0 saturated heterocycles. The number of rotatable bonds is 7. The number of hydrogen-bond acceptors (Lipinski definition) is 7. The molecule has 0 radical (unpaired) electrons. The van der Waals surface area contributed by atoms with Gasteiger partial charge in [0, 0.05) is 17.4 Å². The lowest BCUT2D eigenvalue weighted by Gasteiger charge is -2.25. The van der Waals surface area contributed by atoms with Crippen LogP contribution in [0.4, 0.5) is 0 Å². The van der Waals surface area contributed by atoms with Gasteiger partial charge in [0.25, 0.3) is 0 Å². The van der Waals surface area contributed by atoms with Crippen LogP contribution in [0.25, 0.3) is 11.3 Å². The third kappa shape index (κ3) is 3.90. The van der Waals surface area contributed by atoms with Gasteiger partial charge in [0.15, 0.2) is 11.5 Å². The number of sulfonamides is 1. The molecule has 0 saturated carbocycles. The van der Waals surface area contributed by atoms with Crippen LogP contribution in [0.5, 0.6) is 0 Å². The van der Waals surface area contributed by atoms with Gasteiger partial charge in [-0.3, -0.25) is 0 Å². The Morgan fingerprint density at radius 3 is 2.52 bits per heavy atom. The molecule has 1 atom stereocenters. The number of hydrogen-bond donors (Lipinski definition) is 2. The molecule has 0 aliphatic carbocycles. The number of aromatic nitrogens is 1. The molecule has 150 valence electrons. The molecule has 0 aliphatic rings. The summed E-state index contributed by atoms with van der Waals surface area (Å²) in [5.74, 6) is 0.795. The van der Waals surface area contributed by atoms with Crippen molar-refractivity contribution in [3.63, 3.8) is 0 Å². The second-order valence-electron chi connectivity index (χ2n) is 6.42. The monoisotopic (exact) mass is 430 g/mol. The molecule has 7 nitrogen and oxygen atoms in total. The van der Waals surface area contributed by atoms with Gasteiger partial charge in [-0.1, -0.05) is 18.2 Å². The first-order valence-corrected chi connectivity index (χ1v) is 11.1. The van der Waals surface area contributed by atoms with Crippen molar-refractivity contribution in [2.75, 3.05) is 6.54 Å². The summed E-state index contributed by atoms with van der Waals surface area (Å²) in [7, 11) is -3.86. The molecule has 0 spiro atoms. The average molecular weight is 431 g/mol. The topological polar surface area (TPSA) is 106 Å². The quantitative estimate of drug-likeness (QED) is 0.465. The Morgan fingerprint density at radius 1 is 1.14 bits per heavy atom. The van der Waals surface area contributed by atoms with Crippen molar-refractivity contribution >= 4 is 21.4 Å². The summed E-state index contributed by atoms with van der Waals surface area (Å²) in [6, 6.07) is 13.1. The van der Waals surface area contributed by atoms with Gasteiger partial charge in [-0.05, 0) is 35.7 Å². The van der Waals surface area contributed by atoms with Crippen LogP contribution in [0, 0.1) is 6.92 Å². The number of thiophene rings is 1. The molecule has 1 unspecified atom stereocenters. The van der Waals surface area contributed by atoms with Crippen molar-refractivity contribution in [2.24, 2.45) is 0 Å². The second-order valence-corrected chi connectivity index (χ2v) is 9.13. The van der Waals surface area contributed by atoms with E-state index in [-0.39, 0.29) is 17.2 Å². The highest BCUT2D eigenvalue weighted by molar-refractivity contribution is 7.89. The highest BCUT2D eigenvalue weighted by Crippen LogP contribution is 2.33. The van der Waals surface area contributed by atoms with Gasteiger partial charge in [0.05, 0.1) is 17.7 Å². The van der Waals surface area contributed by atoms with Gasteiger partial charge in [0.2, 0.25) is 10.0 Å². The summed E-state index contributed by atoms with van der Waals surface area (Å²) in [5.41, 5.74) is -0.237. The Kier molecular flexibility index (Phi) is 5.13. The fraction of sp³-hybridized carbons (Fsp3) is 0.150. The van der Waals surface area contributed by atoms with Gasteiger partial charge < -0.3 is 13.9 Å². The molecule has 0 amide bonds. The summed E-state index contributed by atoms with van der Waals surface area (Å²) in [6.07, 6.45) is 2.95. The zero-order valence-electron chi connectivity index (χ0n) is 15.4. The maximum absolute atomic E-state index is 12.8. The van der Waals surface area contributed by atoms with Crippen molar-refractivity contribution in [3.05, 3.63) is 83.0 Å². The van der Waals surface area contributed by atoms with Crippen LogP contribution in [-0.4, -0.2) is 25.1 Å². The van der Waals surface area contributed by atoms with E-state index in [4.69, 9.17) is 8.83 Å². The Hall–Kier alpha value is -2.72. The van der Waals surface area contributed by atoms with Crippen molar-refractivity contribution in [2.45, 2.75) is 17.4 Å². The van der Waals surface area contributed by atoms with Gasteiger partial charge in [-0.15, -0.1) is 11.3 Å². The Labute approximate surface area is 171 Å². The molecular weight excluding hydrogens is 412 g/mol. The van der Waals surface area contributed by atoms with E-state index in [1.807, 2.05) is 5.38 Å². The van der Waals surface area contributed by atoms with Gasteiger partial charge in [0.1, 0.15) is 17.7 Å². The van der Waals surface area contributed by atoms with Crippen LogP contribution in [0.1, 0.15) is 16.5 Å². The number of nitrogens with zero attached hydrogens (tertiary/aromatic N) is 1. The fourth-order valence-corrected chi connectivity index (χ4v) is 4.80. The highest BCUT2D eigenvalue weighted by atomic mass is 32.2. The first-order chi connectivity index (χ1) is 13.9. The van der Waals surface area contributed by atoms with E-state index >= 15 is 0 Å². The van der Waals surface area contributed by atoms with Gasteiger partial charge in [-0.2, -0.15) is 0 Å². The van der Waals surface area contributed by atoms with E-state index in [0.29, 0.717) is 16.5 Å². The van der Waals surface area contributed by atoms with Crippen molar-refractivity contribution in [1.29, 1.82) is 0 Å². The predicted octanol–water partition coefficient (Wildman–Crippen LogP) is 3.52.